The average Bonchev–Trinajstić information content (AvgIpc) is 4.17. The van der Waals surface area contributed by atoms with Gasteiger partial charge in [0.1, 0.15) is 5.41 Å². The molecule has 0 saturated heterocycles. The molecule has 1 saturated carbocycles. The van der Waals surface area contributed by atoms with Gasteiger partial charge in [0.25, 0.3) is 0 Å². The average molecular weight is 784 g/mol. The van der Waals surface area contributed by atoms with Gasteiger partial charge in [-0.2, -0.15) is 0 Å². The SMILES string of the molecule is C#C[13C]1(C#C)C23c4c5c6c7c8c9c(c%10c%11c2c2c4c4c%12c5c5c6c6c8c8c%13c9c9c%10c%10c%11c%11c2c2c4c4c%12c%12c5c5c6c8c6c8c%13c9c9c%10c%10c%11c2c2c4c4c%12c5c6c5c8c9c%10c2c45)C731. The Hall–Kier alpha value is -8.42. The van der Waals surface area contributed by atoms with E-state index >= 15 is 0 Å². The first-order valence-electron chi connectivity index (χ1n) is 24.1. The zero-order valence-electron chi connectivity index (χ0n) is 32.7. The van der Waals surface area contributed by atoms with Crippen molar-refractivity contribution in [2.45, 2.75) is 10.8 Å². The van der Waals surface area contributed by atoms with Crippen molar-refractivity contribution in [2.24, 2.45) is 5.41 Å². The molecule has 0 heteroatoms. The molecular weight excluding hydrogens is 782 g/mol. The number of terminal acetylenes is 2. The van der Waals surface area contributed by atoms with Crippen LogP contribution in [-0.2, 0) is 10.8 Å². The molecule has 5 aliphatic carbocycles. The summed E-state index contributed by atoms with van der Waals surface area (Å²) >= 11 is 0. The van der Waals surface area contributed by atoms with Crippen LogP contribution in [0, 0.1) is 30.1 Å². The molecule has 5 aliphatic rings. The largest absolute Gasteiger partial charge is 0.121 e. The molecule has 0 heterocycles. The van der Waals surface area contributed by atoms with E-state index in [1.807, 2.05) is 0 Å². The van der Waals surface area contributed by atoms with Crippen LogP contribution in [0.15, 0.2) is 0 Å². The second kappa shape index (κ2) is 4.81. The van der Waals surface area contributed by atoms with E-state index in [-0.39, 0.29) is 0 Å². The van der Waals surface area contributed by atoms with Gasteiger partial charge in [0.2, 0.25) is 0 Å². The lowest BCUT2D eigenvalue weighted by Crippen LogP contribution is -2.27. The molecule has 262 valence electrons. The Morgan fingerprint density at radius 3 is 0.338 bits per heavy atom. The van der Waals surface area contributed by atoms with Gasteiger partial charge in [0.15, 0.2) is 0 Å². The minimum absolute atomic E-state index is 0.505. The summed E-state index contributed by atoms with van der Waals surface area (Å²) in [5.41, 5.74) is 4.46. The van der Waals surface area contributed by atoms with Crippen molar-refractivity contribution in [2.75, 3.05) is 0 Å². The molecule has 0 unspecified atom stereocenters. The molecule has 0 N–H and O–H groups in total. The van der Waals surface area contributed by atoms with Gasteiger partial charge in [-0.1, -0.05) is 11.8 Å². The van der Waals surface area contributed by atoms with Crippen LogP contribution in [0.3, 0.4) is 0 Å². The predicted octanol–water partition coefficient (Wildman–Crippen LogP) is 16.6. The lowest BCUT2D eigenvalue weighted by atomic mass is 9.68. The minimum atomic E-state index is -0.815. The molecule has 0 bridgehead atoms. The van der Waals surface area contributed by atoms with Crippen molar-refractivity contribution in [3.05, 3.63) is 22.3 Å². The highest BCUT2D eigenvalue weighted by atomic mass is 15.2. The van der Waals surface area contributed by atoms with Gasteiger partial charge in [-0.05, 0) is 313 Å². The fourth-order valence-corrected chi connectivity index (χ4v) is 25.0. The molecule has 0 atom stereocenters. The van der Waals surface area contributed by atoms with Crippen LogP contribution in [0.2, 0.25) is 0 Å². The molecule has 2 spiro atoms. The molecule has 28 aromatic rings. The molecule has 28 aromatic carbocycles. The first kappa shape index (κ1) is 22.8. The summed E-state index contributed by atoms with van der Waals surface area (Å²) in [6.45, 7) is 0. The van der Waals surface area contributed by atoms with E-state index < -0.39 is 16.2 Å². The van der Waals surface area contributed by atoms with E-state index in [2.05, 4.69) is 11.8 Å². The van der Waals surface area contributed by atoms with E-state index in [1.54, 1.807) is 313 Å². The highest BCUT2D eigenvalue weighted by molar-refractivity contribution is 6.82. The maximum absolute atomic E-state index is 7.42. The summed E-state index contributed by atoms with van der Waals surface area (Å²) in [5.74, 6) is 7.49. The smallest absolute Gasteiger partial charge is 0.118 e. The summed E-state index contributed by atoms with van der Waals surface area (Å²) in [7, 11) is 0. The Balaban J connectivity index is 1.28. The van der Waals surface area contributed by atoms with Crippen LogP contribution < -0.4 is 0 Å². The summed E-state index contributed by atoms with van der Waals surface area (Å²) in [4.78, 5) is 0. The zero-order valence-corrected chi connectivity index (χ0v) is 32.7. The molecule has 0 nitrogen and oxygen atoms in total. The van der Waals surface area contributed by atoms with Crippen molar-refractivity contribution < 1.29 is 0 Å². The third kappa shape index (κ3) is 1.07. The van der Waals surface area contributed by atoms with Crippen LogP contribution in [-0.4, -0.2) is 0 Å². The zero-order chi connectivity index (χ0) is 38.4. The Morgan fingerprint density at radius 1 is 0.154 bits per heavy atom. The number of hydrogen-bond acceptors (Lipinski definition) is 0. The molecular formula is C65H2. The lowest BCUT2D eigenvalue weighted by molar-refractivity contribution is 0.731. The van der Waals surface area contributed by atoms with Crippen molar-refractivity contribution in [3.8, 4) is 24.7 Å². The van der Waals surface area contributed by atoms with Crippen LogP contribution in [0.25, 0.3) is 291 Å². The van der Waals surface area contributed by atoms with Crippen molar-refractivity contribution in [1.29, 1.82) is 0 Å². The highest BCUT2D eigenvalue weighted by Gasteiger charge is 2.94. The number of hydrogen-bond donors (Lipinski definition) is 0. The van der Waals surface area contributed by atoms with E-state index in [9.17, 15) is 0 Å². The molecule has 33 rings (SSSR count). The lowest BCUT2D eigenvalue weighted by Gasteiger charge is -2.31. The molecule has 65 heavy (non-hydrogen) atoms. The summed E-state index contributed by atoms with van der Waals surface area (Å²) in [6.07, 6.45) is 14.8. The molecule has 0 radical (unpaired) electrons. The van der Waals surface area contributed by atoms with Gasteiger partial charge in [0.05, 0.1) is 10.8 Å². The topological polar surface area (TPSA) is 0 Å². The third-order valence-corrected chi connectivity index (χ3v) is 24.8. The summed E-state index contributed by atoms with van der Waals surface area (Å²) in [5, 5.41) is 86.6. The highest BCUT2D eigenvalue weighted by Crippen LogP contribution is 2.96. The molecule has 0 amide bonds. The van der Waals surface area contributed by atoms with Crippen molar-refractivity contribution >= 4 is 291 Å². The standard InChI is InChI=1S/C65H2/c1-3-63(4-2)64-59-51-43-33-23-15-7-5-6-9-13-11(7)19-27-21(13)31-25-17(9)18-10(6)14-12-8(5)16(15)24-30-20(12)28-22(14)32-26(18)36-35(25)45-39(31)49-41(27)47(37(43)29(19)23)55(59)57(49)61-53(45)54-46(36)40(32)50-42(28)48-38(30)44(34(24)33)52(51)60(64)56(48)58(50)62(54)65(61,63)64/h1-2H/i63+1. The Morgan fingerprint density at radius 2 is 0.246 bits per heavy atom. The number of rotatable bonds is 0. The van der Waals surface area contributed by atoms with Crippen molar-refractivity contribution in [3.63, 3.8) is 0 Å². The Bertz CT molecular complexity index is 6600. The van der Waals surface area contributed by atoms with Crippen LogP contribution in [0.4, 0.5) is 0 Å². The van der Waals surface area contributed by atoms with Gasteiger partial charge in [-0.25, -0.2) is 0 Å². The fourth-order valence-electron chi connectivity index (χ4n) is 25.0. The Labute approximate surface area is 352 Å². The first-order chi connectivity index (χ1) is 32.4. The summed E-state index contributed by atoms with van der Waals surface area (Å²) < 4.78 is 0. The second-order valence-corrected chi connectivity index (χ2v) is 24.3. The van der Waals surface area contributed by atoms with Gasteiger partial charge in [-0.3, -0.25) is 0 Å². The fraction of sp³-hybridized carbons (Fsp3) is 0.0462. The van der Waals surface area contributed by atoms with Crippen molar-refractivity contribution in [1.82, 2.24) is 0 Å². The van der Waals surface area contributed by atoms with Crippen LogP contribution in [0.1, 0.15) is 22.3 Å². The van der Waals surface area contributed by atoms with E-state index in [0.717, 1.165) is 0 Å². The quantitative estimate of drug-likeness (QED) is 0.0816. The Kier molecular flexibility index (Phi) is 1.69. The second-order valence-electron chi connectivity index (χ2n) is 24.3. The van der Waals surface area contributed by atoms with Gasteiger partial charge in [0, 0.05) is 0 Å². The van der Waals surface area contributed by atoms with E-state index in [1.165, 1.54) is 0 Å². The maximum Gasteiger partial charge on any atom is 0.121 e. The van der Waals surface area contributed by atoms with Gasteiger partial charge in [-0.15, -0.1) is 12.8 Å². The molecule has 0 aliphatic heterocycles. The molecule has 0 aromatic heterocycles. The maximum atomic E-state index is 7.42. The first-order valence-corrected chi connectivity index (χ1v) is 24.1. The van der Waals surface area contributed by atoms with Crippen LogP contribution >= 0.6 is 0 Å². The van der Waals surface area contributed by atoms with Gasteiger partial charge >= 0.3 is 0 Å². The van der Waals surface area contributed by atoms with E-state index in [0.29, 0.717) is 0 Å². The minimum Gasteiger partial charge on any atom is -0.118 e. The summed E-state index contributed by atoms with van der Waals surface area (Å²) in [6, 6.07) is 0. The van der Waals surface area contributed by atoms with E-state index in [4.69, 9.17) is 12.8 Å². The predicted molar refractivity (Wildman–Crippen MR) is 274 cm³/mol. The monoisotopic (exact) mass is 783 g/mol. The third-order valence-electron chi connectivity index (χ3n) is 24.8. The normalized spacial score (nSPS) is 20.6. The number of benzene rings is 18. The van der Waals surface area contributed by atoms with Gasteiger partial charge < -0.3 is 0 Å². The molecule has 1 fully saturated rings. The van der Waals surface area contributed by atoms with Crippen LogP contribution in [0.5, 0.6) is 0 Å².